The van der Waals surface area contributed by atoms with Crippen LogP contribution in [0.15, 0.2) is 0 Å². The van der Waals surface area contributed by atoms with Crippen LogP contribution in [-0.4, -0.2) is 72.9 Å². The highest BCUT2D eigenvalue weighted by Crippen LogP contribution is 2.14. The van der Waals surface area contributed by atoms with Crippen LogP contribution in [0.2, 0.25) is 0 Å². The molecule has 0 saturated carbocycles. The molecule has 1 saturated heterocycles. The van der Waals surface area contributed by atoms with Gasteiger partial charge in [0.15, 0.2) is 0 Å². The van der Waals surface area contributed by atoms with Crippen LogP contribution < -0.4 is 0 Å². The Hall–Kier alpha value is -0.650. The molecule has 1 rings (SSSR count). The van der Waals surface area contributed by atoms with Crippen molar-refractivity contribution in [3.05, 3.63) is 0 Å². The van der Waals surface area contributed by atoms with Gasteiger partial charge in [0.25, 0.3) is 0 Å². The first-order valence-electron chi connectivity index (χ1n) is 5.59. The summed E-state index contributed by atoms with van der Waals surface area (Å²) in [5, 5.41) is 9.10. The van der Waals surface area contributed by atoms with Crippen molar-refractivity contribution in [1.29, 1.82) is 0 Å². The third-order valence-corrected chi connectivity index (χ3v) is 3.30. The van der Waals surface area contributed by atoms with Crippen molar-refractivity contribution < 1.29 is 14.6 Å². The third-order valence-electron chi connectivity index (χ3n) is 3.30. The van der Waals surface area contributed by atoms with Gasteiger partial charge in [0.1, 0.15) is 5.54 Å². The highest BCUT2D eigenvalue weighted by molar-refractivity contribution is 5.77. The minimum Gasteiger partial charge on any atom is -0.480 e. The molecule has 0 bridgehead atoms. The number of hydrogen-bond acceptors (Lipinski definition) is 4. The summed E-state index contributed by atoms with van der Waals surface area (Å²) in [4.78, 5) is 15.1. The number of aliphatic carboxylic acids is 1. The first kappa shape index (κ1) is 13.4. The van der Waals surface area contributed by atoms with Crippen molar-refractivity contribution >= 4 is 5.97 Å². The summed E-state index contributed by atoms with van der Waals surface area (Å²) in [6.07, 6.45) is 0.0994. The first-order chi connectivity index (χ1) is 7.34. The number of morpholine rings is 1. The first-order valence-corrected chi connectivity index (χ1v) is 5.59. The molecule has 0 aromatic rings. The van der Waals surface area contributed by atoms with Gasteiger partial charge in [0.05, 0.1) is 12.7 Å². The topological polar surface area (TPSA) is 53.0 Å². The Balaban J connectivity index is 2.50. The lowest BCUT2D eigenvalue weighted by Gasteiger charge is -2.37. The zero-order chi connectivity index (χ0) is 12.3. The molecule has 16 heavy (non-hydrogen) atoms. The average Bonchev–Trinajstić information content (AvgIpc) is 2.17. The van der Waals surface area contributed by atoms with Crippen LogP contribution in [0.3, 0.4) is 0 Å². The summed E-state index contributed by atoms with van der Waals surface area (Å²) >= 11 is 0. The van der Waals surface area contributed by atoms with E-state index in [4.69, 9.17) is 9.84 Å². The van der Waals surface area contributed by atoms with Crippen LogP contribution in [0.1, 0.15) is 13.8 Å². The second-order valence-electron chi connectivity index (χ2n) is 5.00. The van der Waals surface area contributed by atoms with Gasteiger partial charge >= 0.3 is 5.97 Å². The molecule has 0 amide bonds. The molecule has 0 aromatic heterocycles. The number of carboxylic acids is 1. The van der Waals surface area contributed by atoms with Gasteiger partial charge in [-0.2, -0.15) is 0 Å². The quantitative estimate of drug-likeness (QED) is 0.743. The maximum Gasteiger partial charge on any atom is 0.323 e. The Morgan fingerprint density at radius 3 is 2.75 bits per heavy atom. The summed E-state index contributed by atoms with van der Waals surface area (Å²) in [5.41, 5.74) is -0.848. The molecule has 5 heteroatoms. The highest BCUT2D eigenvalue weighted by Gasteiger charge is 2.34. The Bertz CT molecular complexity index is 256. The Morgan fingerprint density at radius 2 is 2.25 bits per heavy atom. The normalized spacial score (nSPS) is 23.7. The van der Waals surface area contributed by atoms with E-state index >= 15 is 0 Å². The van der Waals surface area contributed by atoms with Crippen LogP contribution in [0.5, 0.6) is 0 Å². The molecular weight excluding hydrogens is 208 g/mol. The Kier molecular flexibility index (Phi) is 4.29. The third kappa shape index (κ3) is 3.17. The van der Waals surface area contributed by atoms with Crippen molar-refractivity contribution in [2.75, 3.05) is 40.3 Å². The lowest BCUT2D eigenvalue weighted by atomic mass is 10.0. The predicted octanol–water partition coefficient (Wildman–Crippen LogP) is 0.112. The molecule has 1 N–H and O–H groups in total. The highest BCUT2D eigenvalue weighted by atomic mass is 16.5. The van der Waals surface area contributed by atoms with Crippen molar-refractivity contribution in [1.82, 2.24) is 9.80 Å². The summed E-state index contributed by atoms with van der Waals surface area (Å²) in [7, 11) is 3.88. The largest absolute Gasteiger partial charge is 0.480 e. The lowest BCUT2D eigenvalue weighted by Crippen LogP contribution is -2.53. The molecule has 1 fully saturated rings. The molecule has 1 atom stereocenters. The standard InChI is InChI=1S/C11H22N2O3/c1-11(2,10(14)15)13(4)8-9-7-12(3)5-6-16-9/h9H,5-8H2,1-4H3,(H,14,15). The zero-order valence-corrected chi connectivity index (χ0v) is 10.6. The number of nitrogens with zero attached hydrogens (tertiary/aromatic N) is 2. The molecule has 1 heterocycles. The predicted molar refractivity (Wildman–Crippen MR) is 61.6 cm³/mol. The number of rotatable bonds is 4. The molecule has 0 aliphatic carbocycles. The fraction of sp³-hybridized carbons (Fsp3) is 0.909. The van der Waals surface area contributed by atoms with E-state index in [0.717, 1.165) is 19.7 Å². The van der Waals surface area contributed by atoms with Gasteiger partial charge in [-0.15, -0.1) is 0 Å². The molecule has 0 radical (unpaired) electrons. The van der Waals surface area contributed by atoms with Gasteiger partial charge in [0, 0.05) is 19.6 Å². The van der Waals surface area contributed by atoms with Gasteiger partial charge in [-0.05, 0) is 27.9 Å². The molecule has 5 nitrogen and oxygen atoms in total. The second-order valence-corrected chi connectivity index (χ2v) is 5.00. The van der Waals surface area contributed by atoms with Gasteiger partial charge < -0.3 is 14.7 Å². The summed E-state index contributed by atoms with van der Waals surface area (Å²) in [5.74, 6) is -0.806. The molecule has 0 spiro atoms. The fourth-order valence-electron chi connectivity index (χ4n) is 1.67. The maximum atomic E-state index is 11.1. The van der Waals surface area contributed by atoms with E-state index in [0.29, 0.717) is 6.54 Å². The van der Waals surface area contributed by atoms with E-state index in [1.54, 1.807) is 13.8 Å². The van der Waals surface area contributed by atoms with Crippen LogP contribution in [0.25, 0.3) is 0 Å². The molecular formula is C11H22N2O3. The van der Waals surface area contributed by atoms with Crippen LogP contribution in [0, 0.1) is 0 Å². The van der Waals surface area contributed by atoms with Crippen LogP contribution in [-0.2, 0) is 9.53 Å². The van der Waals surface area contributed by atoms with E-state index in [-0.39, 0.29) is 6.10 Å². The van der Waals surface area contributed by atoms with Gasteiger partial charge in [-0.3, -0.25) is 9.69 Å². The molecule has 1 aliphatic rings. The van der Waals surface area contributed by atoms with Crippen LogP contribution in [0.4, 0.5) is 0 Å². The molecule has 1 unspecified atom stereocenters. The van der Waals surface area contributed by atoms with E-state index < -0.39 is 11.5 Å². The van der Waals surface area contributed by atoms with E-state index in [2.05, 4.69) is 11.9 Å². The SMILES string of the molecule is CN1CCOC(CN(C)C(C)(C)C(=O)O)C1. The van der Waals surface area contributed by atoms with Crippen molar-refractivity contribution in [2.24, 2.45) is 0 Å². The Labute approximate surface area is 97.0 Å². The maximum absolute atomic E-state index is 11.1. The summed E-state index contributed by atoms with van der Waals surface area (Å²) in [6.45, 7) is 6.60. The molecule has 0 aromatic carbocycles. The minimum absolute atomic E-state index is 0.0994. The van der Waals surface area contributed by atoms with Gasteiger partial charge in [-0.25, -0.2) is 0 Å². The number of carboxylic acid groups (broad SMARTS) is 1. The Morgan fingerprint density at radius 1 is 1.62 bits per heavy atom. The van der Waals surface area contributed by atoms with E-state index in [1.807, 2.05) is 11.9 Å². The smallest absolute Gasteiger partial charge is 0.323 e. The monoisotopic (exact) mass is 230 g/mol. The lowest BCUT2D eigenvalue weighted by molar-refractivity contribution is -0.150. The van der Waals surface area contributed by atoms with E-state index in [9.17, 15) is 4.79 Å². The zero-order valence-electron chi connectivity index (χ0n) is 10.6. The number of ether oxygens (including phenoxy) is 1. The average molecular weight is 230 g/mol. The number of hydrogen-bond donors (Lipinski definition) is 1. The van der Waals surface area contributed by atoms with E-state index in [1.165, 1.54) is 0 Å². The van der Waals surface area contributed by atoms with Crippen molar-refractivity contribution in [2.45, 2.75) is 25.5 Å². The van der Waals surface area contributed by atoms with Crippen molar-refractivity contribution in [3.8, 4) is 0 Å². The van der Waals surface area contributed by atoms with Gasteiger partial charge in [0.2, 0.25) is 0 Å². The summed E-state index contributed by atoms with van der Waals surface area (Å²) in [6, 6.07) is 0. The van der Waals surface area contributed by atoms with Gasteiger partial charge in [-0.1, -0.05) is 0 Å². The number of carbonyl (C=O) groups is 1. The molecule has 1 aliphatic heterocycles. The minimum atomic E-state index is -0.848. The number of likely N-dealkylation sites (N-methyl/N-ethyl adjacent to an activating group) is 2. The van der Waals surface area contributed by atoms with Crippen LogP contribution >= 0.6 is 0 Å². The van der Waals surface area contributed by atoms with Crippen molar-refractivity contribution in [3.63, 3.8) is 0 Å². The second kappa shape index (κ2) is 5.12. The fourth-order valence-corrected chi connectivity index (χ4v) is 1.67. The summed E-state index contributed by atoms with van der Waals surface area (Å²) < 4.78 is 5.62. The molecule has 94 valence electrons.